The van der Waals surface area contributed by atoms with Crippen LogP contribution in [-0.4, -0.2) is 36.7 Å². The summed E-state index contributed by atoms with van der Waals surface area (Å²) in [5.41, 5.74) is 0.184. The Kier molecular flexibility index (Phi) is 6.72. The van der Waals surface area contributed by atoms with Crippen LogP contribution in [0.5, 0.6) is 5.75 Å². The number of aromatic nitrogens is 1. The van der Waals surface area contributed by atoms with E-state index in [1.807, 2.05) is 31.2 Å². The summed E-state index contributed by atoms with van der Waals surface area (Å²) in [5, 5.41) is 11.6. The maximum absolute atomic E-state index is 12.1. The number of hydrogen-bond acceptors (Lipinski definition) is 6. The average molecular weight is 369 g/mol. The summed E-state index contributed by atoms with van der Waals surface area (Å²) in [4.78, 5) is 35.8. The summed E-state index contributed by atoms with van der Waals surface area (Å²) in [6.07, 6.45) is 1.19. The van der Waals surface area contributed by atoms with Gasteiger partial charge < -0.3 is 19.4 Å². The van der Waals surface area contributed by atoms with Crippen LogP contribution in [0.25, 0.3) is 0 Å². The Morgan fingerprint density at radius 2 is 2.07 bits per heavy atom. The second-order valence-electron chi connectivity index (χ2n) is 5.69. The Hall–Kier alpha value is -3.60. The highest BCUT2D eigenvalue weighted by Crippen LogP contribution is 2.11. The monoisotopic (exact) mass is 369 g/mol. The number of carbonyl (C=O) groups is 2. The molecule has 27 heavy (non-hydrogen) atoms. The Balaban J connectivity index is 1.96. The van der Waals surface area contributed by atoms with Gasteiger partial charge in [0.25, 0.3) is 5.56 Å². The van der Waals surface area contributed by atoms with Gasteiger partial charge in [0.1, 0.15) is 30.5 Å². The number of esters is 1. The number of nitriles is 1. The van der Waals surface area contributed by atoms with Gasteiger partial charge in [-0.2, -0.15) is 5.26 Å². The molecule has 0 radical (unpaired) electrons. The zero-order valence-corrected chi connectivity index (χ0v) is 15.0. The third-order valence-electron chi connectivity index (χ3n) is 3.62. The normalized spacial score (nSPS) is 9.96. The number of rotatable bonds is 7. The van der Waals surface area contributed by atoms with Crippen molar-refractivity contribution in [3.63, 3.8) is 0 Å². The molecule has 8 nitrogen and oxygen atoms in total. The van der Waals surface area contributed by atoms with Crippen LogP contribution in [-0.2, 0) is 16.1 Å². The highest BCUT2D eigenvalue weighted by atomic mass is 16.5. The number of ether oxygens (including phenoxy) is 2. The van der Waals surface area contributed by atoms with E-state index in [4.69, 9.17) is 10.00 Å². The van der Waals surface area contributed by atoms with Crippen LogP contribution in [0, 0.1) is 18.3 Å². The highest BCUT2D eigenvalue weighted by Gasteiger charge is 2.14. The Morgan fingerprint density at radius 3 is 2.74 bits per heavy atom. The number of hydrogen-bond donors (Lipinski definition) is 1. The van der Waals surface area contributed by atoms with Crippen LogP contribution in [0.4, 0.5) is 0 Å². The lowest BCUT2D eigenvalue weighted by atomic mass is 10.2. The summed E-state index contributed by atoms with van der Waals surface area (Å²) in [6, 6.07) is 10.4. The van der Waals surface area contributed by atoms with E-state index < -0.39 is 17.4 Å². The second-order valence-corrected chi connectivity index (χ2v) is 5.69. The zero-order chi connectivity index (χ0) is 19.8. The average Bonchev–Trinajstić information content (AvgIpc) is 2.66. The Bertz CT molecular complexity index is 943. The Morgan fingerprint density at radius 1 is 1.30 bits per heavy atom. The fourth-order valence-electron chi connectivity index (χ4n) is 2.34. The minimum Gasteiger partial charge on any atom is -0.492 e. The first-order chi connectivity index (χ1) is 12.9. The molecule has 0 unspecified atom stereocenters. The van der Waals surface area contributed by atoms with Crippen LogP contribution >= 0.6 is 0 Å². The highest BCUT2D eigenvalue weighted by molar-refractivity contribution is 5.89. The van der Waals surface area contributed by atoms with Crippen molar-refractivity contribution in [2.24, 2.45) is 0 Å². The number of amides is 1. The van der Waals surface area contributed by atoms with Crippen molar-refractivity contribution in [2.45, 2.75) is 13.5 Å². The number of benzene rings is 1. The van der Waals surface area contributed by atoms with E-state index in [1.54, 1.807) is 6.07 Å². The number of pyridine rings is 1. The van der Waals surface area contributed by atoms with Crippen LogP contribution < -0.4 is 15.6 Å². The smallest absolute Gasteiger partial charge is 0.339 e. The van der Waals surface area contributed by atoms with Gasteiger partial charge in [-0.05, 0) is 30.7 Å². The molecule has 1 heterocycles. The topological polar surface area (TPSA) is 110 Å². The van der Waals surface area contributed by atoms with Gasteiger partial charge in [-0.15, -0.1) is 0 Å². The molecule has 0 fully saturated rings. The number of aryl methyl sites for hydroxylation is 1. The lowest BCUT2D eigenvalue weighted by Crippen LogP contribution is -2.35. The quantitative estimate of drug-likeness (QED) is 0.576. The summed E-state index contributed by atoms with van der Waals surface area (Å²) >= 11 is 0. The molecule has 2 aromatic rings. The largest absolute Gasteiger partial charge is 0.492 e. The van der Waals surface area contributed by atoms with Crippen molar-refractivity contribution < 1.29 is 19.1 Å². The van der Waals surface area contributed by atoms with E-state index in [2.05, 4.69) is 10.1 Å². The molecule has 140 valence electrons. The molecule has 0 spiro atoms. The first-order valence-corrected chi connectivity index (χ1v) is 8.13. The number of carbonyl (C=O) groups excluding carboxylic acids is 2. The second kappa shape index (κ2) is 9.20. The molecule has 0 bridgehead atoms. The molecule has 0 aliphatic rings. The molecule has 0 saturated carbocycles. The first kappa shape index (κ1) is 19.7. The summed E-state index contributed by atoms with van der Waals surface area (Å²) in [5.74, 6) is -0.451. The maximum atomic E-state index is 12.1. The summed E-state index contributed by atoms with van der Waals surface area (Å²) in [7, 11) is 1.19. The van der Waals surface area contributed by atoms with Crippen LogP contribution in [0.2, 0.25) is 0 Å². The molecule has 0 aliphatic heterocycles. The summed E-state index contributed by atoms with van der Waals surface area (Å²) < 4.78 is 11.1. The number of nitrogens with one attached hydrogen (secondary N) is 1. The molecule has 0 aliphatic carbocycles. The lowest BCUT2D eigenvalue weighted by molar-refractivity contribution is -0.121. The molecule has 8 heteroatoms. The molecule has 1 amide bonds. The molecular weight excluding hydrogens is 350 g/mol. The van der Waals surface area contributed by atoms with Crippen molar-refractivity contribution in [1.82, 2.24) is 9.88 Å². The van der Waals surface area contributed by atoms with Gasteiger partial charge in [-0.1, -0.05) is 12.1 Å². The predicted molar refractivity (Wildman–Crippen MR) is 96.4 cm³/mol. The zero-order valence-electron chi connectivity index (χ0n) is 15.0. The third-order valence-corrected chi connectivity index (χ3v) is 3.62. The molecule has 1 N–H and O–H groups in total. The fraction of sp³-hybridized carbons (Fsp3) is 0.263. The fourth-order valence-corrected chi connectivity index (χ4v) is 2.34. The minimum absolute atomic E-state index is 0.0178. The van der Waals surface area contributed by atoms with E-state index in [0.717, 1.165) is 16.2 Å². The van der Waals surface area contributed by atoms with Gasteiger partial charge in [-0.3, -0.25) is 9.59 Å². The van der Waals surface area contributed by atoms with Crippen LogP contribution in [0.15, 0.2) is 41.3 Å². The van der Waals surface area contributed by atoms with Crippen molar-refractivity contribution in [3.8, 4) is 11.8 Å². The third kappa shape index (κ3) is 5.44. The van der Waals surface area contributed by atoms with E-state index in [-0.39, 0.29) is 30.8 Å². The van der Waals surface area contributed by atoms with Gasteiger partial charge in [-0.25, -0.2) is 4.79 Å². The van der Waals surface area contributed by atoms with Gasteiger partial charge in [0.2, 0.25) is 5.91 Å². The first-order valence-electron chi connectivity index (χ1n) is 8.13. The SMILES string of the molecule is COC(=O)c1cc(C#N)c(=O)n(CC(=O)NCCOc2cccc(C)c2)c1. The van der Waals surface area contributed by atoms with E-state index >= 15 is 0 Å². The number of methoxy groups -OCH3 is 1. The maximum Gasteiger partial charge on any atom is 0.339 e. The van der Waals surface area contributed by atoms with Crippen molar-refractivity contribution in [2.75, 3.05) is 20.3 Å². The summed E-state index contributed by atoms with van der Waals surface area (Å²) in [6.45, 7) is 2.12. The molecule has 1 aromatic heterocycles. The van der Waals surface area contributed by atoms with Gasteiger partial charge in [0.15, 0.2) is 0 Å². The van der Waals surface area contributed by atoms with E-state index in [1.165, 1.54) is 13.3 Å². The van der Waals surface area contributed by atoms with Crippen LogP contribution in [0.3, 0.4) is 0 Å². The van der Waals surface area contributed by atoms with Gasteiger partial charge >= 0.3 is 5.97 Å². The Labute approximate surface area is 155 Å². The molecular formula is C19H19N3O5. The van der Waals surface area contributed by atoms with Gasteiger partial charge in [0.05, 0.1) is 19.2 Å². The van der Waals surface area contributed by atoms with Crippen molar-refractivity contribution in [3.05, 3.63) is 63.6 Å². The molecule has 2 rings (SSSR count). The van der Waals surface area contributed by atoms with Crippen LogP contribution in [0.1, 0.15) is 21.5 Å². The standard InChI is InChI=1S/C19H19N3O5/c1-13-4-3-5-16(8-13)27-7-6-21-17(23)12-22-11-15(19(25)26-2)9-14(10-20)18(22)24/h3-5,8-9,11H,6-7,12H2,1-2H3,(H,21,23). The van der Waals surface area contributed by atoms with Crippen molar-refractivity contribution in [1.29, 1.82) is 5.26 Å². The van der Waals surface area contributed by atoms with E-state index in [0.29, 0.717) is 5.75 Å². The van der Waals surface area contributed by atoms with Crippen molar-refractivity contribution >= 4 is 11.9 Å². The lowest BCUT2D eigenvalue weighted by Gasteiger charge is -2.10. The molecule has 1 aromatic carbocycles. The molecule has 0 saturated heterocycles. The minimum atomic E-state index is -0.702. The van der Waals surface area contributed by atoms with Gasteiger partial charge in [0, 0.05) is 6.20 Å². The number of nitrogens with zero attached hydrogens (tertiary/aromatic N) is 2. The predicted octanol–water partition coefficient (Wildman–Crippen LogP) is 1.01. The molecule has 0 atom stereocenters. The van der Waals surface area contributed by atoms with E-state index in [9.17, 15) is 14.4 Å².